The van der Waals surface area contributed by atoms with E-state index in [-0.39, 0.29) is 29.7 Å². The van der Waals surface area contributed by atoms with Crippen LogP contribution in [0.4, 0.5) is 4.79 Å². The van der Waals surface area contributed by atoms with Crippen LogP contribution in [0.1, 0.15) is 47.0 Å². The van der Waals surface area contributed by atoms with E-state index in [1.54, 1.807) is 33.1 Å². The Balaban J connectivity index is 2.93. The Labute approximate surface area is 151 Å². The van der Waals surface area contributed by atoms with Crippen LogP contribution >= 0.6 is 10.3 Å². The second-order valence-electron chi connectivity index (χ2n) is 7.87. The van der Waals surface area contributed by atoms with Crippen molar-refractivity contribution < 1.29 is 23.7 Å². The zero-order valence-electron chi connectivity index (χ0n) is 15.8. The third-order valence-corrected chi connectivity index (χ3v) is 5.97. The van der Waals surface area contributed by atoms with Crippen molar-refractivity contribution in [3.8, 4) is 0 Å². The lowest BCUT2D eigenvalue weighted by Crippen LogP contribution is -2.47. The third kappa shape index (κ3) is 9.07. The highest BCUT2D eigenvalue weighted by Gasteiger charge is 2.30. The van der Waals surface area contributed by atoms with Gasteiger partial charge in [0.05, 0.1) is 0 Å². The standard InChI is InChI=1S/C18H31NO5S/c1-13-8-9-14(20)7-6-10-25(5,23)12-15(16(21)11-13)19-17(22)24-18(2,3)4/h8-9,13,15,23H,6-7,10-12H2,1-5H3,(H,19,22)/b9-8+/t13-,15-/m0/s1. The number of nitrogens with one attached hydrogen (secondary N) is 1. The number of ketones is 2. The molecule has 0 bridgehead atoms. The molecule has 0 saturated carbocycles. The summed E-state index contributed by atoms with van der Waals surface area (Å²) in [5, 5.41) is 2.62. The summed E-state index contributed by atoms with van der Waals surface area (Å²) in [6.45, 7) is 7.10. The van der Waals surface area contributed by atoms with Crippen molar-refractivity contribution in [3.05, 3.63) is 12.2 Å². The molecule has 0 aromatic rings. The maximum atomic E-state index is 12.6. The number of hydrogen-bond donors (Lipinski definition) is 2. The van der Waals surface area contributed by atoms with Crippen molar-refractivity contribution in [1.29, 1.82) is 0 Å². The molecule has 0 radical (unpaired) electrons. The van der Waals surface area contributed by atoms with Gasteiger partial charge in [-0.05, 0) is 51.2 Å². The van der Waals surface area contributed by atoms with Crippen LogP contribution in [-0.4, -0.2) is 51.6 Å². The van der Waals surface area contributed by atoms with Crippen molar-refractivity contribution in [2.24, 2.45) is 5.92 Å². The monoisotopic (exact) mass is 373 g/mol. The highest BCUT2D eigenvalue weighted by Crippen LogP contribution is 2.41. The van der Waals surface area contributed by atoms with Crippen LogP contribution in [0.15, 0.2) is 12.2 Å². The molecule has 144 valence electrons. The minimum atomic E-state index is -2.09. The van der Waals surface area contributed by atoms with Gasteiger partial charge in [-0.2, -0.15) is 0 Å². The lowest BCUT2D eigenvalue weighted by atomic mass is 9.99. The van der Waals surface area contributed by atoms with Crippen molar-refractivity contribution in [3.63, 3.8) is 0 Å². The summed E-state index contributed by atoms with van der Waals surface area (Å²) in [6, 6.07) is -0.786. The number of hydrogen-bond acceptors (Lipinski definition) is 5. The maximum Gasteiger partial charge on any atom is 0.408 e. The van der Waals surface area contributed by atoms with Gasteiger partial charge in [0.15, 0.2) is 11.6 Å². The molecule has 0 spiro atoms. The van der Waals surface area contributed by atoms with Crippen LogP contribution in [0.2, 0.25) is 0 Å². The first kappa shape index (κ1) is 21.7. The number of carbonyl (C=O) groups excluding carboxylic acids is 3. The molecule has 3 atom stereocenters. The number of Topliss-reactive ketones (excluding diaryl/α,β-unsaturated/α-hetero) is 1. The Morgan fingerprint density at radius 3 is 2.60 bits per heavy atom. The molecule has 0 aromatic carbocycles. The minimum Gasteiger partial charge on any atom is -0.444 e. The van der Waals surface area contributed by atoms with Crippen molar-refractivity contribution in [2.75, 3.05) is 17.8 Å². The quantitative estimate of drug-likeness (QED) is 0.736. The van der Waals surface area contributed by atoms with Crippen LogP contribution in [0, 0.1) is 5.92 Å². The predicted octanol–water partition coefficient (Wildman–Crippen LogP) is 3.30. The van der Waals surface area contributed by atoms with E-state index in [4.69, 9.17) is 4.74 Å². The molecule has 1 amide bonds. The van der Waals surface area contributed by atoms with E-state index in [0.29, 0.717) is 18.6 Å². The van der Waals surface area contributed by atoms with Gasteiger partial charge in [0.1, 0.15) is 11.6 Å². The Morgan fingerprint density at radius 1 is 1.36 bits per heavy atom. The number of carbonyl (C=O) groups is 3. The Bertz CT molecular complexity index is 536. The largest absolute Gasteiger partial charge is 0.444 e. The zero-order valence-corrected chi connectivity index (χ0v) is 16.6. The number of ether oxygens (including phenoxy) is 1. The van der Waals surface area contributed by atoms with Crippen LogP contribution in [0.25, 0.3) is 0 Å². The first-order valence-corrected chi connectivity index (χ1v) is 10.9. The summed E-state index contributed by atoms with van der Waals surface area (Å²) in [6.07, 6.45) is 5.43. The molecule has 1 unspecified atom stereocenters. The molecule has 1 heterocycles. The fraction of sp³-hybridized carbons (Fsp3) is 0.722. The average Bonchev–Trinajstić information content (AvgIpc) is 2.40. The third-order valence-electron chi connectivity index (χ3n) is 3.75. The molecule has 2 N–H and O–H groups in total. The molecule has 25 heavy (non-hydrogen) atoms. The Kier molecular flexibility index (Phi) is 7.68. The van der Waals surface area contributed by atoms with Gasteiger partial charge in [-0.15, -0.1) is 10.3 Å². The van der Waals surface area contributed by atoms with E-state index in [1.165, 1.54) is 6.08 Å². The molecule has 1 rings (SSSR count). The van der Waals surface area contributed by atoms with Crippen molar-refractivity contribution in [2.45, 2.75) is 58.6 Å². The second-order valence-corrected chi connectivity index (χ2v) is 11.1. The van der Waals surface area contributed by atoms with E-state index >= 15 is 0 Å². The van der Waals surface area contributed by atoms with Gasteiger partial charge in [-0.1, -0.05) is 13.0 Å². The maximum absolute atomic E-state index is 12.6. The number of amides is 1. The summed E-state index contributed by atoms with van der Waals surface area (Å²) in [4.78, 5) is 36.5. The fourth-order valence-corrected chi connectivity index (χ4v) is 4.47. The lowest BCUT2D eigenvalue weighted by molar-refractivity contribution is -0.121. The smallest absolute Gasteiger partial charge is 0.408 e. The van der Waals surface area contributed by atoms with Crippen LogP contribution in [0.3, 0.4) is 0 Å². The van der Waals surface area contributed by atoms with E-state index in [1.807, 2.05) is 6.92 Å². The van der Waals surface area contributed by atoms with Gasteiger partial charge < -0.3 is 14.6 Å². The van der Waals surface area contributed by atoms with Crippen LogP contribution in [-0.2, 0) is 14.3 Å². The van der Waals surface area contributed by atoms with Gasteiger partial charge in [-0.3, -0.25) is 9.59 Å². The van der Waals surface area contributed by atoms with Crippen LogP contribution in [0.5, 0.6) is 0 Å². The molecule has 7 heteroatoms. The van der Waals surface area contributed by atoms with Gasteiger partial charge in [0.25, 0.3) is 0 Å². The van der Waals surface area contributed by atoms with Gasteiger partial charge in [0, 0.05) is 18.6 Å². The average molecular weight is 374 g/mol. The summed E-state index contributed by atoms with van der Waals surface area (Å²) < 4.78 is 15.9. The van der Waals surface area contributed by atoms with Crippen molar-refractivity contribution in [1.82, 2.24) is 5.32 Å². The second kappa shape index (κ2) is 8.85. The molecule has 1 aliphatic heterocycles. The Morgan fingerprint density at radius 2 is 2.00 bits per heavy atom. The molecule has 6 nitrogen and oxygen atoms in total. The molecule has 1 aliphatic rings. The van der Waals surface area contributed by atoms with E-state index in [9.17, 15) is 18.9 Å². The normalized spacial score (nSPS) is 33.4. The zero-order chi connectivity index (χ0) is 19.3. The summed E-state index contributed by atoms with van der Waals surface area (Å²) >= 11 is 0. The fourth-order valence-electron chi connectivity index (χ4n) is 2.55. The van der Waals surface area contributed by atoms with Crippen molar-refractivity contribution >= 4 is 28.0 Å². The van der Waals surface area contributed by atoms with Gasteiger partial charge >= 0.3 is 6.09 Å². The van der Waals surface area contributed by atoms with Gasteiger partial charge in [-0.25, -0.2) is 4.79 Å². The Hall–Kier alpha value is -1.34. The predicted molar refractivity (Wildman–Crippen MR) is 101 cm³/mol. The topological polar surface area (TPSA) is 92.7 Å². The number of alkyl carbamates (subject to hydrolysis) is 1. The van der Waals surface area contributed by atoms with Crippen LogP contribution < -0.4 is 5.32 Å². The van der Waals surface area contributed by atoms with Gasteiger partial charge in [0.2, 0.25) is 0 Å². The molecule has 0 fully saturated rings. The summed E-state index contributed by atoms with van der Waals surface area (Å²) in [5.41, 5.74) is -0.662. The van der Waals surface area contributed by atoms with E-state index < -0.39 is 28.0 Å². The first-order chi connectivity index (χ1) is 11.4. The summed E-state index contributed by atoms with van der Waals surface area (Å²) in [7, 11) is -2.09. The molecule has 0 aromatic heterocycles. The first-order valence-electron chi connectivity index (χ1n) is 8.57. The molecule has 0 aliphatic carbocycles. The molecule has 0 saturated heterocycles. The minimum absolute atomic E-state index is 0.0125. The van der Waals surface area contributed by atoms with E-state index in [0.717, 1.165) is 0 Å². The molecular formula is C18H31NO5S. The lowest BCUT2D eigenvalue weighted by Gasteiger charge is -2.34. The SMILES string of the molecule is C[C@H]1/C=C/C(=O)CCCS(C)(O)C[C@H](NC(=O)OC(C)(C)C)C(=O)C1. The molecular weight excluding hydrogens is 342 g/mol. The number of allylic oxidation sites excluding steroid dienone is 2. The highest BCUT2D eigenvalue weighted by molar-refractivity contribution is 8.28. The van der Waals surface area contributed by atoms with E-state index in [2.05, 4.69) is 5.32 Å². The highest BCUT2D eigenvalue weighted by atomic mass is 32.3. The summed E-state index contributed by atoms with van der Waals surface area (Å²) in [5.74, 6) is 0.374. The number of rotatable bonds is 1.